The molecule has 0 amide bonds. The average molecular weight is 333 g/mol. The molecule has 0 aliphatic carbocycles. The fraction of sp³-hybridized carbons (Fsp3) is 0.353. The van der Waals surface area contributed by atoms with E-state index >= 15 is 0 Å². The second-order valence-electron chi connectivity index (χ2n) is 5.26. The Balaban J connectivity index is 2.10. The van der Waals surface area contributed by atoms with Crippen molar-refractivity contribution in [3.63, 3.8) is 0 Å². The Labute approximate surface area is 138 Å². The predicted molar refractivity (Wildman–Crippen MR) is 84.3 cm³/mol. The molecular formula is C17H19NO6. The maximum atomic E-state index is 12.3. The molecule has 7 nitrogen and oxygen atoms in total. The van der Waals surface area contributed by atoms with Gasteiger partial charge in [-0.1, -0.05) is 0 Å². The van der Waals surface area contributed by atoms with Crippen molar-refractivity contribution >= 4 is 17.7 Å². The van der Waals surface area contributed by atoms with Gasteiger partial charge in [0.05, 0.1) is 6.61 Å². The molecule has 1 N–H and O–H groups in total. The number of aromatic nitrogens is 1. The largest absolute Gasteiger partial charge is 0.461 e. The summed E-state index contributed by atoms with van der Waals surface area (Å²) in [6.07, 6.45) is 0. The number of furan rings is 1. The Morgan fingerprint density at radius 2 is 1.79 bits per heavy atom. The van der Waals surface area contributed by atoms with E-state index in [0.717, 1.165) is 0 Å². The number of hydrogen-bond acceptors (Lipinski definition) is 6. The monoisotopic (exact) mass is 333 g/mol. The van der Waals surface area contributed by atoms with E-state index in [1.165, 1.54) is 6.07 Å². The van der Waals surface area contributed by atoms with Crippen LogP contribution < -0.4 is 0 Å². The lowest BCUT2D eigenvalue weighted by molar-refractivity contribution is 0.0441. The number of rotatable bonds is 6. The van der Waals surface area contributed by atoms with Crippen molar-refractivity contribution in [3.8, 4) is 0 Å². The second kappa shape index (κ2) is 7.16. The number of Topliss-reactive ketones (excluding diaryl/α,β-unsaturated/α-hetero) is 1. The van der Waals surface area contributed by atoms with E-state index in [1.807, 2.05) is 0 Å². The molecule has 7 heteroatoms. The summed E-state index contributed by atoms with van der Waals surface area (Å²) >= 11 is 0. The average Bonchev–Trinajstić information content (AvgIpc) is 3.08. The van der Waals surface area contributed by atoms with Crippen molar-refractivity contribution in [3.05, 3.63) is 46.2 Å². The zero-order valence-corrected chi connectivity index (χ0v) is 14.0. The van der Waals surface area contributed by atoms with Gasteiger partial charge in [-0.25, -0.2) is 9.59 Å². The summed E-state index contributed by atoms with van der Waals surface area (Å²) in [4.78, 5) is 38.8. The first-order chi connectivity index (χ1) is 11.3. The highest BCUT2D eigenvalue weighted by atomic mass is 16.5. The lowest BCUT2D eigenvalue weighted by atomic mass is 10.1. The van der Waals surface area contributed by atoms with Crippen LogP contribution in [0.15, 0.2) is 16.5 Å². The van der Waals surface area contributed by atoms with Gasteiger partial charge in [0.15, 0.2) is 6.61 Å². The van der Waals surface area contributed by atoms with E-state index in [0.29, 0.717) is 22.6 Å². The van der Waals surface area contributed by atoms with Gasteiger partial charge in [-0.3, -0.25) is 4.79 Å². The normalized spacial score (nSPS) is 10.5. The van der Waals surface area contributed by atoms with Crippen LogP contribution in [0.5, 0.6) is 0 Å². The standard InChI is InChI=1S/C17H19NO6/c1-5-22-17(21)15-10(3)14(11(4)18-15)12(19)8-23-16(20)13-7-6-9(2)24-13/h6-7,18H,5,8H2,1-4H3. The van der Waals surface area contributed by atoms with Crippen LogP contribution in [0.2, 0.25) is 0 Å². The first-order valence-corrected chi connectivity index (χ1v) is 7.48. The van der Waals surface area contributed by atoms with Gasteiger partial charge in [-0.05, 0) is 45.4 Å². The number of hydrogen-bond donors (Lipinski definition) is 1. The van der Waals surface area contributed by atoms with Crippen LogP contribution in [0.3, 0.4) is 0 Å². The molecule has 2 rings (SSSR count). The van der Waals surface area contributed by atoms with Crippen LogP contribution in [0.4, 0.5) is 0 Å². The maximum Gasteiger partial charge on any atom is 0.374 e. The number of aromatic amines is 1. The van der Waals surface area contributed by atoms with Crippen LogP contribution in [0.1, 0.15) is 55.3 Å². The summed E-state index contributed by atoms with van der Waals surface area (Å²) in [6, 6.07) is 3.11. The molecule has 2 heterocycles. The minimum Gasteiger partial charge on any atom is -0.461 e. The quantitative estimate of drug-likeness (QED) is 0.644. The first kappa shape index (κ1) is 17.5. The Morgan fingerprint density at radius 1 is 1.08 bits per heavy atom. The lowest BCUT2D eigenvalue weighted by Crippen LogP contribution is -2.15. The van der Waals surface area contributed by atoms with Crippen LogP contribution in [0.25, 0.3) is 0 Å². The number of carbonyl (C=O) groups is 3. The van der Waals surface area contributed by atoms with Crippen molar-refractivity contribution in [1.82, 2.24) is 4.98 Å². The third-order valence-corrected chi connectivity index (χ3v) is 3.47. The fourth-order valence-electron chi connectivity index (χ4n) is 2.39. The predicted octanol–water partition coefficient (Wildman–Crippen LogP) is 2.75. The number of nitrogens with one attached hydrogen (secondary N) is 1. The van der Waals surface area contributed by atoms with Gasteiger partial charge in [0.25, 0.3) is 0 Å². The third kappa shape index (κ3) is 3.56. The zero-order chi connectivity index (χ0) is 17.9. The van der Waals surface area contributed by atoms with Crippen molar-refractivity contribution in [1.29, 1.82) is 0 Å². The summed E-state index contributed by atoms with van der Waals surface area (Å²) in [6.45, 7) is 6.50. The summed E-state index contributed by atoms with van der Waals surface area (Å²) in [5, 5.41) is 0. The number of aryl methyl sites for hydroxylation is 2. The van der Waals surface area contributed by atoms with Crippen molar-refractivity contribution in [2.45, 2.75) is 27.7 Å². The maximum absolute atomic E-state index is 12.3. The highest BCUT2D eigenvalue weighted by molar-refractivity contribution is 6.04. The number of ketones is 1. The Hall–Kier alpha value is -2.83. The van der Waals surface area contributed by atoms with Crippen LogP contribution in [-0.4, -0.2) is 35.9 Å². The second-order valence-corrected chi connectivity index (χ2v) is 5.26. The molecule has 24 heavy (non-hydrogen) atoms. The number of esters is 2. The summed E-state index contributed by atoms with van der Waals surface area (Å²) in [7, 11) is 0. The first-order valence-electron chi connectivity index (χ1n) is 7.48. The van der Waals surface area contributed by atoms with E-state index in [2.05, 4.69) is 4.98 Å². The molecule has 0 spiro atoms. The molecule has 0 saturated heterocycles. The molecule has 0 fully saturated rings. The molecule has 128 valence electrons. The SMILES string of the molecule is CCOC(=O)c1[nH]c(C)c(C(=O)COC(=O)c2ccc(C)o2)c1C. The van der Waals surface area contributed by atoms with Gasteiger partial charge in [0, 0.05) is 11.3 Å². The van der Waals surface area contributed by atoms with Gasteiger partial charge in [-0.2, -0.15) is 0 Å². The highest BCUT2D eigenvalue weighted by Crippen LogP contribution is 2.20. The summed E-state index contributed by atoms with van der Waals surface area (Å²) < 4.78 is 15.0. The molecular weight excluding hydrogens is 314 g/mol. The van der Waals surface area contributed by atoms with Crippen molar-refractivity contribution < 1.29 is 28.3 Å². The van der Waals surface area contributed by atoms with Crippen LogP contribution in [0, 0.1) is 20.8 Å². The molecule has 0 unspecified atom stereocenters. The Morgan fingerprint density at radius 3 is 2.38 bits per heavy atom. The zero-order valence-electron chi connectivity index (χ0n) is 14.0. The Kier molecular flexibility index (Phi) is 5.23. The molecule has 0 aromatic carbocycles. The number of ether oxygens (including phenoxy) is 2. The molecule has 0 atom stereocenters. The fourth-order valence-corrected chi connectivity index (χ4v) is 2.39. The molecule has 0 saturated carbocycles. The lowest BCUT2D eigenvalue weighted by Gasteiger charge is -2.04. The van der Waals surface area contributed by atoms with Gasteiger partial charge >= 0.3 is 11.9 Å². The van der Waals surface area contributed by atoms with Crippen LogP contribution in [-0.2, 0) is 9.47 Å². The molecule has 0 aliphatic rings. The van der Waals surface area contributed by atoms with Crippen LogP contribution >= 0.6 is 0 Å². The van der Waals surface area contributed by atoms with E-state index < -0.39 is 24.3 Å². The molecule has 0 radical (unpaired) electrons. The topological polar surface area (TPSA) is 98.6 Å². The van der Waals surface area contributed by atoms with E-state index in [4.69, 9.17) is 13.9 Å². The Bertz CT molecular complexity index is 783. The molecule has 0 aliphatic heterocycles. The molecule has 2 aromatic heterocycles. The van der Waals surface area contributed by atoms with E-state index in [1.54, 1.807) is 33.8 Å². The summed E-state index contributed by atoms with van der Waals surface area (Å²) in [5.41, 5.74) is 1.54. The van der Waals surface area contributed by atoms with E-state index in [9.17, 15) is 14.4 Å². The van der Waals surface area contributed by atoms with Gasteiger partial charge in [0.2, 0.25) is 11.5 Å². The molecule has 2 aromatic rings. The van der Waals surface area contributed by atoms with E-state index in [-0.39, 0.29) is 18.1 Å². The minimum absolute atomic E-state index is 0.0371. The van der Waals surface area contributed by atoms with Gasteiger partial charge in [-0.15, -0.1) is 0 Å². The summed E-state index contributed by atoms with van der Waals surface area (Å²) in [5.74, 6) is -1.04. The van der Waals surface area contributed by atoms with Gasteiger partial charge < -0.3 is 18.9 Å². The number of carbonyl (C=O) groups excluding carboxylic acids is 3. The van der Waals surface area contributed by atoms with Crippen molar-refractivity contribution in [2.75, 3.05) is 13.2 Å². The van der Waals surface area contributed by atoms with Crippen molar-refractivity contribution in [2.24, 2.45) is 0 Å². The highest BCUT2D eigenvalue weighted by Gasteiger charge is 2.24. The van der Waals surface area contributed by atoms with Gasteiger partial charge in [0.1, 0.15) is 11.5 Å². The number of H-pyrrole nitrogens is 1. The molecule has 0 bridgehead atoms. The minimum atomic E-state index is -0.715. The third-order valence-electron chi connectivity index (χ3n) is 3.47. The smallest absolute Gasteiger partial charge is 0.374 e.